The summed E-state index contributed by atoms with van der Waals surface area (Å²) >= 11 is 3.78. The number of carbonyl (C=O) groups is 1. The predicted molar refractivity (Wildman–Crippen MR) is 70.3 cm³/mol. The van der Waals surface area contributed by atoms with E-state index in [1.807, 2.05) is 6.20 Å². The maximum absolute atomic E-state index is 11.0. The van der Waals surface area contributed by atoms with Crippen LogP contribution in [0.2, 0.25) is 0 Å². The number of aromatic nitrogens is 1. The fourth-order valence-corrected chi connectivity index (χ4v) is 4.25. The Labute approximate surface area is 105 Å². The lowest BCUT2D eigenvalue weighted by atomic mass is 10.0. The highest BCUT2D eigenvalue weighted by Gasteiger charge is 2.16. The summed E-state index contributed by atoms with van der Waals surface area (Å²) in [4.78, 5) is 16.5. The van der Waals surface area contributed by atoms with E-state index in [1.54, 1.807) is 18.3 Å². The molecule has 0 radical (unpaired) electrons. The second kappa shape index (κ2) is 5.82. The summed E-state index contributed by atoms with van der Waals surface area (Å²) in [5, 5.41) is 1.21. The Balaban J connectivity index is 1.88. The number of carbonyl (C=O) groups excluding carboxylic acids is 1. The van der Waals surface area contributed by atoms with Crippen molar-refractivity contribution < 1.29 is 4.79 Å². The minimum Gasteiger partial charge on any atom is -0.300 e. The van der Waals surface area contributed by atoms with Gasteiger partial charge in [0.05, 0.1) is 5.01 Å². The fraction of sp³-hybridized carbons (Fsp3) is 0.667. The van der Waals surface area contributed by atoms with Gasteiger partial charge in [0.2, 0.25) is 0 Å². The number of rotatable bonds is 4. The lowest BCUT2D eigenvalue weighted by Gasteiger charge is -2.19. The molecular formula is C12H17NOS2. The largest absolute Gasteiger partial charge is 0.300 e. The summed E-state index contributed by atoms with van der Waals surface area (Å²) in [5.74, 6) is 3.63. The van der Waals surface area contributed by atoms with Crippen LogP contribution in [-0.4, -0.2) is 22.3 Å². The van der Waals surface area contributed by atoms with Crippen molar-refractivity contribution in [3.05, 3.63) is 16.1 Å². The Morgan fingerprint density at radius 3 is 3.19 bits per heavy atom. The summed E-state index contributed by atoms with van der Waals surface area (Å²) in [6.45, 7) is 1.64. The zero-order chi connectivity index (χ0) is 11.4. The molecule has 2 nitrogen and oxygen atoms in total. The highest BCUT2D eigenvalue weighted by Crippen LogP contribution is 2.27. The quantitative estimate of drug-likeness (QED) is 0.828. The van der Waals surface area contributed by atoms with Gasteiger partial charge in [-0.3, -0.25) is 4.79 Å². The molecule has 0 saturated carbocycles. The van der Waals surface area contributed by atoms with Crippen molar-refractivity contribution in [3.8, 4) is 0 Å². The third-order valence-corrected chi connectivity index (χ3v) is 5.05. The second-order valence-corrected chi connectivity index (χ2v) is 6.74. The van der Waals surface area contributed by atoms with Gasteiger partial charge in [0, 0.05) is 23.9 Å². The third kappa shape index (κ3) is 3.59. The molecule has 88 valence electrons. The van der Waals surface area contributed by atoms with Crippen LogP contribution in [0.5, 0.6) is 0 Å². The van der Waals surface area contributed by atoms with Crippen molar-refractivity contribution in [2.75, 3.05) is 11.5 Å². The van der Waals surface area contributed by atoms with E-state index in [0.717, 1.165) is 17.2 Å². The van der Waals surface area contributed by atoms with E-state index in [0.29, 0.717) is 6.42 Å². The summed E-state index contributed by atoms with van der Waals surface area (Å²) < 4.78 is 0. The maximum atomic E-state index is 11.0. The van der Waals surface area contributed by atoms with Gasteiger partial charge in [-0.15, -0.1) is 11.3 Å². The van der Waals surface area contributed by atoms with Crippen LogP contribution in [0.3, 0.4) is 0 Å². The summed E-state index contributed by atoms with van der Waals surface area (Å²) in [7, 11) is 0. The van der Waals surface area contributed by atoms with Crippen molar-refractivity contribution >= 4 is 28.9 Å². The normalized spacial score (nSPS) is 20.9. The van der Waals surface area contributed by atoms with Gasteiger partial charge >= 0.3 is 0 Å². The molecule has 1 atom stereocenters. The molecule has 0 N–H and O–H groups in total. The topological polar surface area (TPSA) is 30.0 Å². The Morgan fingerprint density at radius 1 is 1.62 bits per heavy atom. The van der Waals surface area contributed by atoms with Gasteiger partial charge in [-0.2, -0.15) is 11.8 Å². The van der Waals surface area contributed by atoms with Crippen molar-refractivity contribution in [2.24, 2.45) is 5.92 Å². The summed E-state index contributed by atoms with van der Waals surface area (Å²) in [6, 6.07) is 0. The smallest absolute Gasteiger partial charge is 0.135 e. The average Bonchev–Trinajstić information content (AvgIpc) is 2.66. The summed E-state index contributed by atoms with van der Waals surface area (Å²) in [5.41, 5.74) is 0. The van der Waals surface area contributed by atoms with E-state index in [-0.39, 0.29) is 5.78 Å². The number of nitrogens with zero attached hydrogens (tertiary/aromatic N) is 1. The van der Waals surface area contributed by atoms with Gasteiger partial charge in [-0.25, -0.2) is 4.98 Å². The molecule has 1 unspecified atom stereocenters. The van der Waals surface area contributed by atoms with Crippen LogP contribution in [0, 0.1) is 5.92 Å². The van der Waals surface area contributed by atoms with Gasteiger partial charge in [0.1, 0.15) is 5.78 Å². The number of thiazole rings is 1. The zero-order valence-corrected chi connectivity index (χ0v) is 11.2. The first-order valence-electron chi connectivity index (χ1n) is 5.75. The van der Waals surface area contributed by atoms with E-state index in [9.17, 15) is 4.79 Å². The lowest BCUT2D eigenvalue weighted by Crippen LogP contribution is -2.12. The third-order valence-electron chi connectivity index (χ3n) is 2.74. The number of hydrogen-bond donors (Lipinski definition) is 0. The van der Waals surface area contributed by atoms with Crippen molar-refractivity contribution in [2.45, 2.75) is 32.6 Å². The van der Waals surface area contributed by atoms with Crippen molar-refractivity contribution in [1.82, 2.24) is 4.98 Å². The first kappa shape index (κ1) is 12.1. The molecule has 0 spiro atoms. The van der Waals surface area contributed by atoms with Crippen LogP contribution in [0.15, 0.2) is 6.20 Å². The van der Waals surface area contributed by atoms with Crippen molar-refractivity contribution in [3.63, 3.8) is 0 Å². The number of ketones is 1. The van der Waals surface area contributed by atoms with Crippen LogP contribution in [-0.2, 0) is 17.6 Å². The first-order chi connectivity index (χ1) is 7.74. The van der Waals surface area contributed by atoms with E-state index in [1.165, 1.54) is 29.4 Å². The van der Waals surface area contributed by atoms with Crippen LogP contribution in [0.25, 0.3) is 0 Å². The molecular weight excluding hydrogens is 238 g/mol. The molecule has 0 aromatic carbocycles. The molecule has 1 aromatic heterocycles. The Hall–Kier alpha value is -0.350. The van der Waals surface area contributed by atoms with Gasteiger partial charge in [-0.05, 0) is 37.2 Å². The minimum absolute atomic E-state index is 0.225. The van der Waals surface area contributed by atoms with E-state index in [4.69, 9.17) is 0 Å². The number of hydrogen-bond acceptors (Lipinski definition) is 4. The number of thioether (sulfide) groups is 1. The molecule has 1 aliphatic heterocycles. The molecule has 1 aromatic rings. The standard InChI is InChI=1S/C12H17NOS2/c1-9(14)5-11-7-13-12(16-11)6-10-3-2-4-15-8-10/h7,10H,2-6,8H2,1H3. The van der Waals surface area contributed by atoms with Gasteiger partial charge in [0.25, 0.3) is 0 Å². The predicted octanol–water partition coefficient (Wildman–Crippen LogP) is 2.96. The van der Waals surface area contributed by atoms with Gasteiger partial charge < -0.3 is 0 Å². The Morgan fingerprint density at radius 2 is 2.50 bits per heavy atom. The zero-order valence-electron chi connectivity index (χ0n) is 9.57. The van der Waals surface area contributed by atoms with E-state index in [2.05, 4.69) is 16.7 Å². The molecule has 1 fully saturated rings. The second-order valence-electron chi connectivity index (χ2n) is 4.39. The Bertz CT molecular complexity index is 356. The molecule has 0 bridgehead atoms. The lowest BCUT2D eigenvalue weighted by molar-refractivity contribution is -0.116. The van der Waals surface area contributed by atoms with Crippen LogP contribution >= 0.6 is 23.1 Å². The maximum Gasteiger partial charge on any atom is 0.135 e. The molecule has 2 rings (SSSR count). The molecule has 0 amide bonds. The SMILES string of the molecule is CC(=O)Cc1cnc(CC2CCCSC2)s1. The van der Waals surface area contributed by atoms with Gasteiger partial charge in [0.15, 0.2) is 0 Å². The van der Waals surface area contributed by atoms with E-state index >= 15 is 0 Å². The minimum atomic E-state index is 0.225. The van der Waals surface area contributed by atoms with E-state index < -0.39 is 0 Å². The van der Waals surface area contributed by atoms with Gasteiger partial charge in [-0.1, -0.05) is 0 Å². The molecule has 4 heteroatoms. The van der Waals surface area contributed by atoms with Crippen LogP contribution in [0.1, 0.15) is 29.7 Å². The fourth-order valence-electron chi connectivity index (χ4n) is 1.98. The highest BCUT2D eigenvalue weighted by atomic mass is 32.2. The molecule has 0 aliphatic carbocycles. The van der Waals surface area contributed by atoms with Crippen LogP contribution < -0.4 is 0 Å². The van der Waals surface area contributed by atoms with Crippen molar-refractivity contribution in [1.29, 1.82) is 0 Å². The average molecular weight is 255 g/mol. The first-order valence-corrected chi connectivity index (χ1v) is 7.72. The molecule has 16 heavy (non-hydrogen) atoms. The molecule has 1 saturated heterocycles. The molecule has 2 heterocycles. The summed E-state index contributed by atoms with van der Waals surface area (Å²) in [6.07, 6.45) is 6.22. The number of Topliss-reactive ketones (excluding diaryl/α,β-unsaturated/α-hetero) is 1. The van der Waals surface area contributed by atoms with Crippen LogP contribution in [0.4, 0.5) is 0 Å². The highest BCUT2D eigenvalue weighted by molar-refractivity contribution is 7.99. The molecule has 1 aliphatic rings. The Kier molecular flexibility index (Phi) is 4.41. The monoisotopic (exact) mass is 255 g/mol.